The monoisotopic (exact) mass is 171 g/mol. The molecule has 3 nitrogen and oxygen atoms in total. The molecule has 1 N–H and O–H groups in total. The van der Waals surface area contributed by atoms with Gasteiger partial charge in [-0.3, -0.25) is 4.90 Å². The van der Waals surface area contributed by atoms with E-state index in [4.69, 9.17) is 0 Å². The van der Waals surface area contributed by atoms with Gasteiger partial charge in [0.2, 0.25) is 0 Å². The number of likely N-dealkylation sites (N-methyl/N-ethyl adjacent to an activating group) is 2. The van der Waals surface area contributed by atoms with Gasteiger partial charge in [-0.25, -0.2) is 0 Å². The van der Waals surface area contributed by atoms with Crippen LogP contribution in [0.3, 0.4) is 0 Å². The van der Waals surface area contributed by atoms with Gasteiger partial charge in [0.1, 0.15) is 0 Å². The minimum Gasteiger partial charge on any atom is -0.318 e. The van der Waals surface area contributed by atoms with E-state index in [1.54, 1.807) is 0 Å². The van der Waals surface area contributed by atoms with Gasteiger partial charge in [0.25, 0.3) is 0 Å². The highest BCUT2D eigenvalue weighted by atomic mass is 15.3. The zero-order valence-corrected chi connectivity index (χ0v) is 8.51. The Hall–Kier alpha value is -0.120. The van der Waals surface area contributed by atoms with Crippen molar-refractivity contribution < 1.29 is 0 Å². The third kappa shape index (κ3) is 2.73. The second-order valence-corrected chi connectivity index (χ2v) is 3.75. The van der Waals surface area contributed by atoms with Gasteiger partial charge >= 0.3 is 0 Å². The Morgan fingerprint density at radius 1 is 1.25 bits per heavy atom. The van der Waals surface area contributed by atoms with Crippen LogP contribution in [0.2, 0.25) is 0 Å². The Balaban J connectivity index is 2.24. The normalized spacial score (nSPS) is 24.2. The molecule has 3 heteroatoms. The van der Waals surface area contributed by atoms with Crippen molar-refractivity contribution in [2.45, 2.75) is 13.0 Å². The van der Waals surface area contributed by atoms with Crippen LogP contribution in [-0.4, -0.2) is 62.7 Å². The predicted molar refractivity (Wildman–Crippen MR) is 52.5 cm³/mol. The second kappa shape index (κ2) is 4.80. The lowest BCUT2D eigenvalue weighted by molar-refractivity contribution is 0.119. The lowest BCUT2D eigenvalue weighted by atomic mass is 10.2. The first kappa shape index (κ1) is 9.96. The fourth-order valence-corrected chi connectivity index (χ4v) is 1.69. The molecule has 1 atom stereocenters. The molecule has 1 rings (SSSR count). The molecule has 0 radical (unpaired) electrons. The number of nitrogens with zero attached hydrogens (tertiary/aromatic N) is 2. The average Bonchev–Trinajstić information content (AvgIpc) is 2.06. The fraction of sp³-hybridized carbons (Fsp3) is 1.00. The van der Waals surface area contributed by atoms with Crippen molar-refractivity contribution in [3.05, 3.63) is 0 Å². The van der Waals surface area contributed by atoms with Crippen LogP contribution >= 0.6 is 0 Å². The Labute approximate surface area is 75.7 Å². The summed E-state index contributed by atoms with van der Waals surface area (Å²) in [4.78, 5) is 4.94. The van der Waals surface area contributed by atoms with Gasteiger partial charge in [-0.15, -0.1) is 0 Å². The largest absolute Gasteiger partial charge is 0.318 e. The zero-order valence-electron chi connectivity index (χ0n) is 8.51. The molecule has 1 unspecified atom stereocenters. The molecule has 1 aliphatic heterocycles. The van der Waals surface area contributed by atoms with Crippen molar-refractivity contribution in [1.82, 2.24) is 15.1 Å². The summed E-state index contributed by atoms with van der Waals surface area (Å²) in [6, 6.07) is 0.684. The SMILES string of the molecule is CNCC(C)N1CCN(C)CC1. The van der Waals surface area contributed by atoms with Crippen LogP contribution < -0.4 is 5.32 Å². The van der Waals surface area contributed by atoms with Crippen molar-refractivity contribution >= 4 is 0 Å². The molecule has 0 spiro atoms. The van der Waals surface area contributed by atoms with E-state index in [0.29, 0.717) is 6.04 Å². The zero-order chi connectivity index (χ0) is 8.97. The highest BCUT2D eigenvalue weighted by Crippen LogP contribution is 2.03. The summed E-state index contributed by atoms with van der Waals surface area (Å²) in [5, 5.41) is 3.22. The highest BCUT2D eigenvalue weighted by Gasteiger charge is 2.17. The molecule has 0 amide bonds. The van der Waals surface area contributed by atoms with Gasteiger partial charge in [-0.1, -0.05) is 0 Å². The second-order valence-electron chi connectivity index (χ2n) is 3.75. The molecule has 1 heterocycles. The van der Waals surface area contributed by atoms with E-state index in [0.717, 1.165) is 6.54 Å². The van der Waals surface area contributed by atoms with Gasteiger partial charge in [-0.05, 0) is 21.0 Å². The van der Waals surface area contributed by atoms with Crippen molar-refractivity contribution in [3.63, 3.8) is 0 Å². The summed E-state index contributed by atoms with van der Waals surface area (Å²) in [5.41, 5.74) is 0. The molecule has 1 aliphatic rings. The number of piperazine rings is 1. The third-order valence-electron chi connectivity index (χ3n) is 2.66. The topological polar surface area (TPSA) is 18.5 Å². The summed E-state index contributed by atoms with van der Waals surface area (Å²) in [5.74, 6) is 0. The van der Waals surface area contributed by atoms with Gasteiger partial charge in [-0.2, -0.15) is 0 Å². The van der Waals surface area contributed by atoms with Crippen LogP contribution in [0.25, 0.3) is 0 Å². The van der Waals surface area contributed by atoms with Crippen molar-refractivity contribution in [1.29, 1.82) is 0 Å². The number of hydrogen-bond donors (Lipinski definition) is 1. The fourth-order valence-electron chi connectivity index (χ4n) is 1.69. The van der Waals surface area contributed by atoms with Gasteiger partial charge in [0.05, 0.1) is 0 Å². The molecule has 1 fully saturated rings. The Bertz CT molecular complexity index is 119. The molecule has 0 saturated carbocycles. The van der Waals surface area contributed by atoms with Gasteiger partial charge in [0, 0.05) is 38.8 Å². The first-order valence-corrected chi connectivity index (χ1v) is 4.81. The summed E-state index contributed by atoms with van der Waals surface area (Å²) in [6.45, 7) is 8.27. The number of hydrogen-bond acceptors (Lipinski definition) is 3. The molecular weight excluding hydrogens is 150 g/mol. The number of nitrogens with one attached hydrogen (secondary N) is 1. The third-order valence-corrected chi connectivity index (χ3v) is 2.66. The molecule has 12 heavy (non-hydrogen) atoms. The van der Waals surface area contributed by atoms with E-state index in [1.165, 1.54) is 26.2 Å². The van der Waals surface area contributed by atoms with E-state index in [1.807, 2.05) is 7.05 Å². The molecular formula is C9H21N3. The van der Waals surface area contributed by atoms with Crippen molar-refractivity contribution in [2.75, 3.05) is 46.8 Å². The average molecular weight is 171 g/mol. The minimum absolute atomic E-state index is 0.684. The highest BCUT2D eigenvalue weighted by molar-refractivity contribution is 4.75. The van der Waals surface area contributed by atoms with Gasteiger partial charge in [0.15, 0.2) is 0 Å². The Morgan fingerprint density at radius 3 is 2.33 bits per heavy atom. The summed E-state index contributed by atoms with van der Waals surface area (Å²) < 4.78 is 0. The van der Waals surface area contributed by atoms with Crippen LogP contribution in [-0.2, 0) is 0 Å². The lowest BCUT2D eigenvalue weighted by Gasteiger charge is -2.36. The lowest BCUT2D eigenvalue weighted by Crippen LogP contribution is -2.50. The standard InChI is InChI=1S/C9H21N3/c1-9(8-10-2)12-6-4-11(3)5-7-12/h9-10H,4-8H2,1-3H3. The van der Waals surface area contributed by atoms with Crippen LogP contribution in [0.1, 0.15) is 6.92 Å². The van der Waals surface area contributed by atoms with Crippen molar-refractivity contribution in [2.24, 2.45) is 0 Å². The molecule has 0 aromatic rings. The van der Waals surface area contributed by atoms with E-state index in [2.05, 4.69) is 29.1 Å². The van der Waals surface area contributed by atoms with E-state index in [-0.39, 0.29) is 0 Å². The molecule has 0 bridgehead atoms. The van der Waals surface area contributed by atoms with Crippen LogP contribution in [0.4, 0.5) is 0 Å². The van der Waals surface area contributed by atoms with Crippen molar-refractivity contribution in [3.8, 4) is 0 Å². The van der Waals surface area contributed by atoms with E-state index < -0.39 is 0 Å². The first-order chi connectivity index (χ1) is 5.74. The Kier molecular flexibility index (Phi) is 3.98. The summed E-state index contributed by atoms with van der Waals surface area (Å²) >= 11 is 0. The van der Waals surface area contributed by atoms with Crippen LogP contribution in [0, 0.1) is 0 Å². The molecule has 72 valence electrons. The van der Waals surface area contributed by atoms with Crippen LogP contribution in [0.15, 0.2) is 0 Å². The Morgan fingerprint density at radius 2 is 1.83 bits per heavy atom. The van der Waals surface area contributed by atoms with Crippen LogP contribution in [0.5, 0.6) is 0 Å². The quantitative estimate of drug-likeness (QED) is 0.637. The van der Waals surface area contributed by atoms with E-state index >= 15 is 0 Å². The maximum Gasteiger partial charge on any atom is 0.0193 e. The summed E-state index contributed by atoms with van der Waals surface area (Å²) in [7, 11) is 4.21. The predicted octanol–water partition coefficient (Wildman–Crippen LogP) is -0.158. The molecule has 1 saturated heterocycles. The molecule has 0 aliphatic carbocycles. The molecule has 0 aromatic carbocycles. The van der Waals surface area contributed by atoms with Gasteiger partial charge < -0.3 is 10.2 Å². The number of rotatable bonds is 3. The van der Waals surface area contributed by atoms with E-state index in [9.17, 15) is 0 Å². The molecule has 0 aromatic heterocycles. The maximum atomic E-state index is 3.22. The summed E-state index contributed by atoms with van der Waals surface area (Å²) in [6.07, 6.45) is 0. The minimum atomic E-state index is 0.684. The maximum absolute atomic E-state index is 3.22. The smallest absolute Gasteiger partial charge is 0.0193 e. The first-order valence-electron chi connectivity index (χ1n) is 4.81.